The lowest BCUT2D eigenvalue weighted by Gasteiger charge is -2.12. The SMILES string of the molecule is C=C(C)CNC(=S)NC(C)C. The highest BCUT2D eigenvalue weighted by atomic mass is 32.1. The molecule has 0 unspecified atom stereocenters. The van der Waals surface area contributed by atoms with Gasteiger partial charge in [0, 0.05) is 12.6 Å². The molecule has 0 aliphatic rings. The van der Waals surface area contributed by atoms with E-state index < -0.39 is 0 Å². The summed E-state index contributed by atoms with van der Waals surface area (Å²) in [5, 5.41) is 6.81. The first kappa shape index (κ1) is 10.4. The number of nitrogens with one attached hydrogen (secondary N) is 2. The zero-order chi connectivity index (χ0) is 8.85. The molecule has 64 valence electrons. The summed E-state index contributed by atoms with van der Waals surface area (Å²) in [5.74, 6) is 0. The van der Waals surface area contributed by atoms with E-state index >= 15 is 0 Å². The van der Waals surface area contributed by atoms with Crippen molar-refractivity contribution in [1.29, 1.82) is 0 Å². The van der Waals surface area contributed by atoms with Gasteiger partial charge in [0.15, 0.2) is 5.11 Å². The Morgan fingerprint density at radius 3 is 2.45 bits per heavy atom. The quantitative estimate of drug-likeness (QED) is 0.497. The average molecular weight is 172 g/mol. The lowest BCUT2D eigenvalue weighted by molar-refractivity contribution is 0.719. The van der Waals surface area contributed by atoms with E-state index in [0.717, 1.165) is 12.1 Å². The standard InChI is InChI=1S/C8H16N2S/c1-6(2)5-9-8(11)10-7(3)4/h7H,1,5H2,2-4H3,(H2,9,10,11). The summed E-state index contributed by atoms with van der Waals surface area (Å²) in [6.45, 7) is 10.6. The third-order valence-corrected chi connectivity index (χ3v) is 1.23. The topological polar surface area (TPSA) is 24.1 Å². The van der Waals surface area contributed by atoms with E-state index in [0.29, 0.717) is 11.2 Å². The third kappa shape index (κ3) is 7.33. The van der Waals surface area contributed by atoms with E-state index in [1.165, 1.54) is 0 Å². The molecule has 0 radical (unpaired) electrons. The van der Waals surface area contributed by atoms with Crippen LogP contribution in [0.2, 0.25) is 0 Å². The maximum absolute atomic E-state index is 4.99. The van der Waals surface area contributed by atoms with E-state index in [4.69, 9.17) is 12.2 Å². The summed E-state index contributed by atoms with van der Waals surface area (Å²) in [5.41, 5.74) is 1.08. The van der Waals surface area contributed by atoms with Crippen LogP contribution in [0.3, 0.4) is 0 Å². The molecule has 0 aliphatic heterocycles. The highest BCUT2D eigenvalue weighted by Gasteiger charge is 1.95. The number of thiocarbonyl (C=S) groups is 1. The van der Waals surface area contributed by atoms with Crippen LogP contribution in [0.4, 0.5) is 0 Å². The van der Waals surface area contributed by atoms with Crippen molar-refractivity contribution in [3.8, 4) is 0 Å². The first-order chi connectivity index (χ1) is 5.02. The van der Waals surface area contributed by atoms with Gasteiger partial charge in [-0.3, -0.25) is 0 Å². The molecule has 0 heterocycles. The highest BCUT2D eigenvalue weighted by molar-refractivity contribution is 7.80. The minimum absolute atomic E-state index is 0.389. The first-order valence-electron chi connectivity index (χ1n) is 3.71. The lowest BCUT2D eigenvalue weighted by atomic mass is 10.3. The van der Waals surface area contributed by atoms with Crippen LogP contribution >= 0.6 is 12.2 Å². The van der Waals surface area contributed by atoms with Crippen molar-refractivity contribution >= 4 is 17.3 Å². The predicted molar refractivity (Wildman–Crippen MR) is 53.7 cm³/mol. The fourth-order valence-electron chi connectivity index (χ4n) is 0.544. The summed E-state index contributed by atoms with van der Waals surface area (Å²) in [4.78, 5) is 0. The monoisotopic (exact) mass is 172 g/mol. The fraction of sp³-hybridized carbons (Fsp3) is 0.625. The summed E-state index contributed by atoms with van der Waals surface area (Å²) in [6.07, 6.45) is 0. The summed E-state index contributed by atoms with van der Waals surface area (Å²) >= 11 is 4.99. The molecule has 0 aromatic rings. The zero-order valence-corrected chi connectivity index (χ0v) is 8.22. The van der Waals surface area contributed by atoms with Crippen molar-refractivity contribution in [3.63, 3.8) is 0 Å². The Balaban J connectivity index is 3.45. The minimum atomic E-state index is 0.389. The maximum atomic E-state index is 4.99. The predicted octanol–water partition coefficient (Wildman–Crippen LogP) is 1.43. The normalized spacial score (nSPS) is 9.45. The Hall–Kier alpha value is -0.570. The smallest absolute Gasteiger partial charge is 0.166 e. The molecule has 0 saturated carbocycles. The van der Waals surface area contributed by atoms with Crippen LogP contribution in [0.1, 0.15) is 20.8 Å². The Morgan fingerprint density at radius 2 is 2.09 bits per heavy atom. The van der Waals surface area contributed by atoms with Crippen molar-refractivity contribution in [2.24, 2.45) is 0 Å². The molecule has 0 bridgehead atoms. The minimum Gasteiger partial charge on any atom is -0.361 e. The van der Waals surface area contributed by atoms with Crippen molar-refractivity contribution in [2.75, 3.05) is 6.54 Å². The molecule has 0 rings (SSSR count). The molecule has 0 aromatic heterocycles. The van der Waals surface area contributed by atoms with Gasteiger partial charge in [-0.25, -0.2) is 0 Å². The van der Waals surface area contributed by atoms with Crippen LogP contribution in [-0.4, -0.2) is 17.7 Å². The molecule has 0 fully saturated rings. The van der Waals surface area contributed by atoms with Crippen LogP contribution in [0.15, 0.2) is 12.2 Å². The fourth-order valence-corrected chi connectivity index (χ4v) is 0.852. The van der Waals surface area contributed by atoms with Crippen LogP contribution < -0.4 is 10.6 Å². The van der Waals surface area contributed by atoms with Crippen molar-refractivity contribution in [3.05, 3.63) is 12.2 Å². The van der Waals surface area contributed by atoms with Gasteiger partial charge >= 0.3 is 0 Å². The van der Waals surface area contributed by atoms with Crippen LogP contribution in [-0.2, 0) is 0 Å². The van der Waals surface area contributed by atoms with Crippen molar-refractivity contribution in [1.82, 2.24) is 10.6 Å². The van der Waals surface area contributed by atoms with E-state index in [1.807, 2.05) is 6.92 Å². The van der Waals surface area contributed by atoms with Gasteiger partial charge in [-0.05, 0) is 33.0 Å². The molecule has 3 heteroatoms. The van der Waals surface area contributed by atoms with Gasteiger partial charge in [-0.1, -0.05) is 12.2 Å². The Labute approximate surface area is 74.1 Å². The van der Waals surface area contributed by atoms with Crippen LogP contribution in [0, 0.1) is 0 Å². The second-order valence-electron chi connectivity index (χ2n) is 2.94. The van der Waals surface area contributed by atoms with Gasteiger partial charge in [0.25, 0.3) is 0 Å². The number of rotatable bonds is 3. The van der Waals surface area contributed by atoms with E-state index in [2.05, 4.69) is 31.1 Å². The molecule has 0 spiro atoms. The molecular weight excluding hydrogens is 156 g/mol. The van der Waals surface area contributed by atoms with Gasteiger partial charge in [0.2, 0.25) is 0 Å². The van der Waals surface area contributed by atoms with Gasteiger partial charge in [-0.2, -0.15) is 0 Å². The van der Waals surface area contributed by atoms with Gasteiger partial charge < -0.3 is 10.6 Å². The molecule has 2 nitrogen and oxygen atoms in total. The molecule has 0 aromatic carbocycles. The van der Waals surface area contributed by atoms with E-state index in [-0.39, 0.29) is 0 Å². The van der Waals surface area contributed by atoms with Gasteiger partial charge in [-0.15, -0.1) is 0 Å². The molecule has 2 N–H and O–H groups in total. The Kier molecular flexibility index (Phi) is 4.86. The van der Waals surface area contributed by atoms with Gasteiger partial charge in [0.05, 0.1) is 0 Å². The molecule has 0 amide bonds. The first-order valence-corrected chi connectivity index (χ1v) is 4.12. The zero-order valence-electron chi connectivity index (χ0n) is 7.40. The second-order valence-corrected chi connectivity index (χ2v) is 3.35. The summed E-state index contributed by atoms with van der Waals surface area (Å²) in [6, 6.07) is 0.389. The highest BCUT2D eigenvalue weighted by Crippen LogP contribution is 1.82. The molecule has 11 heavy (non-hydrogen) atoms. The van der Waals surface area contributed by atoms with E-state index in [1.54, 1.807) is 0 Å². The lowest BCUT2D eigenvalue weighted by Crippen LogP contribution is -2.39. The third-order valence-electron chi connectivity index (χ3n) is 0.970. The maximum Gasteiger partial charge on any atom is 0.166 e. The Bertz CT molecular complexity index is 152. The van der Waals surface area contributed by atoms with E-state index in [9.17, 15) is 0 Å². The molecule has 0 aliphatic carbocycles. The largest absolute Gasteiger partial charge is 0.361 e. The summed E-state index contributed by atoms with van der Waals surface area (Å²) < 4.78 is 0. The molecule has 0 atom stereocenters. The van der Waals surface area contributed by atoms with Gasteiger partial charge in [0.1, 0.15) is 0 Å². The van der Waals surface area contributed by atoms with Crippen molar-refractivity contribution in [2.45, 2.75) is 26.8 Å². The Morgan fingerprint density at radius 1 is 1.55 bits per heavy atom. The van der Waals surface area contributed by atoms with Crippen LogP contribution in [0.25, 0.3) is 0 Å². The van der Waals surface area contributed by atoms with Crippen LogP contribution in [0.5, 0.6) is 0 Å². The molecule has 0 saturated heterocycles. The average Bonchev–Trinajstić information content (AvgIpc) is 1.82. The summed E-state index contributed by atoms with van der Waals surface area (Å²) in [7, 11) is 0. The number of hydrogen-bond donors (Lipinski definition) is 2. The number of hydrogen-bond acceptors (Lipinski definition) is 1. The second kappa shape index (κ2) is 5.13. The van der Waals surface area contributed by atoms with Crippen molar-refractivity contribution < 1.29 is 0 Å². The molecular formula is C8H16N2S.